The van der Waals surface area contributed by atoms with Crippen LogP contribution >= 0.6 is 0 Å². The maximum absolute atomic E-state index is 13.3. The van der Waals surface area contributed by atoms with Gasteiger partial charge in [-0.25, -0.2) is 8.42 Å². The molecule has 0 aliphatic carbocycles. The Hall–Kier alpha value is -3.57. The number of amidine groups is 1. The van der Waals surface area contributed by atoms with Crippen molar-refractivity contribution in [1.82, 2.24) is 4.90 Å². The van der Waals surface area contributed by atoms with Gasteiger partial charge < -0.3 is 9.80 Å². The Kier molecular flexibility index (Phi) is 6.59. The van der Waals surface area contributed by atoms with Gasteiger partial charge in [-0.1, -0.05) is 18.2 Å². The number of piperidine rings is 1. The quantitative estimate of drug-likeness (QED) is 0.379. The van der Waals surface area contributed by atoms with Crippen LogP contribution in [0.1, 0.15) is 49.4 Å². The molecular formula is C29H33N5O2S. The van der Waals surface area contributed by atoms with Gasteiger partial charge >= 0.3 is 0 Å². The minimum absolute atomic E-state index is 0.0295. The summed E-state index contributed by atoms with van der Waals surface area (Å²) in [7, 11) is -1.39. The lowest BCUT2D eigenvalue weighted by atomic mass is 9.98. The lowest BCUT2D eigenvalue weighted by Crippen LogP contribution is -2.44. The van der Waals surface area contributed by atoms with Crippen LogP contribution in [-0.2, 0) is 16.4 Å². The third kappa shape index (κ3) is 4.64. The second-order valence-corrected chi connectivity index (χ2v) is 12.2. The second-order valence-electron chi connectivity index (χ2n) is 10.1. The van der Waals surface area contributed by atoms with Crippen molar-refractivity contribution >= 4 is 38.0 Å². The molecule has 1 saturated heterocycles. The van der Waals surface area contributed by atoms with E-state index in [0.717, 1.165) is 59.2 Å². The van der Waals surface area contributed by atoms with Crippen molar-refractivity contribution in [3.05, 3.63) is 71.3 Å². The normalized spacial score (nSPS) is 18.1. The van der Waals surface area contributed by atoms with Crippen molar-refractivity contribution in [1.29, 1.82) is 10.7 Å². The van der Waals surface area contributed by atoms with Crippen LogP contribution in [0.25, 0.3) is 10.8 Å². The highest BCUT2D eigenvalue weighted by Gasteiger charge is 2.38. The molecule has 2 aliphatic heterocycles. The van der Waals surface area contributed by atoms with Crippen molar-refractivity contribution in [2.75, 3.05) is 35.1 Å². The molecule has 3 aromatic rings. The van der Waals surface area contributed by atoms with E-state index in [1.807, 2.05) is 49.4 Å². The highest BCUT2D eigenvalue weighted by molar-refractivity contribution is 7.92. The fourth-order valence-electron chi connectivity index (χ4n) is 5.71. The molecule has 7 nitrogen and oxygen atoms in total. The van der Waals surface area contributed by atoms with Gasteiger partial charge in [0.15, 0.2) is 0 Å². The first-order valence-corrected chi connectivity index (χ1v) is 14.4. The number of nitrogens with zero attached hydrogens (tertiary/aromatic N) is 4. The maximum Gasteiger partial charge on any atom is 0.235 e. The minimum atomic E-state index is -3.50. The van der Waals surface area contributed by atoms with Gasteiger partial charge in [0.25, 0.3) is 0 Å². The van der Waals surface area contributed by atoms with Crippen LogP contribution in [-0.4, -0.2) is 51.1 Å². The monoisotopic (exact) mass is 515 g/mol. The molecule has 1 unspecified atom stereocenters. The van der Waals surface area contributed by atoms with Crippen molar-refractivity contribution in [2.45, 2.75) is 45.2 Å². The van der Waals surface area contributed by atoms with E-state index >= 15 is 0 Å². The zero-order valence-electron chi connectivity index (χ0n) is 21.6. The average Bonchev–Trinajstić information content (AvgIpc) is 3.31. The minimum Gasteiger partial charge on any atom is -0.371 e. The summed E-state index contributed by atoms with van der Waals surface area (Å²) >= 11 is 0. The van der Waals surface area contributed by atoms with Gasteiger partial charge in [0.2, 0.25) is 10.0 Å². The average molecular weight is 516 g/mol. The van der Waals surface area contributed by atoms with Gasteiger partial charge in [0.05, 0.1) is 35.0 Å². The molecule has 1 atom stereocenters. The Morgan fingerprint density at radius 1 is 1.08 bits per heavy atom. The highest BCUT2D eigenvalue weighted by Crippen LogP contribution is 2.44. The first-order valence-electron chi connectivity index (χ1n) is 12.8. The molecule has 0 bridgehead atoms. The molecule has 0 amide bonds. The zero-order chi connectivity index (χ0) is 26.3. The smallest absolute Gasteiger partial charge is 0.235 e. The predicted molar refractivity (Wildman–Crippen MR) is 150 cm³/mol. The molecule has 2 aliphatic rings. The van der Waals surface area contributed by atoms with Crippen molar-refractivity contribution in [2.24, 2.45) is 0 Å². The summed E-state index contributed by atoms with van der Waals surface area (Å²) in [5.74, 6) is 0.654. The lowest BCUT2D eigenvalue weighted by Gasteiger charge is -2.38. The topological polar surface area (TPSA) is 91.5 Å². The van der Waals surface area contributed by atoms with Crippen LogP contribution in [0.4, 0.5) is 11.4 Å². The molecule has 192 valence electrons. The molecule has 0 spiro atoms. The van der Waals surface area contributed by atoms with Crippen LogP contribution < -0.4 is 9.21 Å². The lowest BCUT2D eigenvalue weighted by molar-refractivity contribution is 0.305. The first kappa shape index (κ1) is 25.1. The largest absolute Gasteiger partial charge is 0.371 e. The van der Waals surface area contributed by atoms with Crippen molar-refractivity contribution < 1.29 is 8.42 Å². The van der Waals surface area contributed by atoms with E-state index in [1.54, 1.807) is 17.3 Å². The number of likely N-dealkylation sites (tertiary alicyclic amines) is 1. The van der Waals surface area contributed by atoms with Crippen LogP contribution in [0.3, 0.4) is 0 Å². The number of anilines is 2. The SMILES string of the molecule is CCS(=O)(=O)N1c2ccc(N(C)C3CCN(C(C)=N)CC3)cc2CC1c1ccc2ccc(C#N)cc2c1. The third-order valence-corrected chi connectivity index (χ3v) is 9.71. The standard InChI is InChI=1S/C29H33N5O2S/c1-4-37(35,36)34-28-10-9-27(32(3)26-11-13-33(14-12-26)20(2)31)17-25(28)18-29(34)23-8-7-22-6-5-21(19-30)15-24(22)16-23/h5-10,15-17,26,29,31H,4,11-14,18H2,1-3H3. The summed E-state index contributed by atoms with van der Waals surface area (Å²) in [5.41, 5.74) is 4.40. The summed E-state index contributed by atoms with van der Waals surface area (Å²) in [5, 5.41) is 19.2. The Morgan fingerprint density at radius 2 is 1.81 bits per heavy atom. The van der Waals surface area contributed by atoms with Crippen LogP contribution in [0, 0.1) is 16.7 Å². The summed E-state index contributed by atoms with van der Waals surface area (Å²) in [4.78, 5) is 4.43. The van der Waals surface area contributed by atoms with Gasteiger partial charge in [-0.3, -0.25) is 9.71 Å². The maximum atomic E-state index is 13.3. The Balaban J connectivity index is 1.48. The molecule has 0 aromatic heterocycles. The molecular weight excluding hydrogens is 482 g/mol. The van der Waals surface area contributed by atoms with Crippen LogP contribution in [0.5, 0.6) is 0 Å². The summed E-state index contributed by atoms with van der Waals surface area (Å²) in [6, 6.07) is 20.0. The molecule has 3 aromatic carbocycles. The number of nitrogens with one attached hydrogen (secondary N) is 1. The molecule has 0 saturated carbocycles. The zero-order valence-corrected chi connectivity index (χ0v) is 22.4. The van der Waals surface area contributed by atoms with E-state index in [1.165, 1.54) is 0 Å². The molecule has 8 heteroatoms. The number of rotatable bonds is 5. The first-order chi connectivity index (χ1) is 17.7. The van der Waals surface area contributed by atoms with Crippen LogP contribution in [0.2, 0.25) is 0 Å². The predicted octanol–water partition coefficient (Wildman–Crippen LogP) is 5.06. The number of hydrogen-bond acceptors (Lipinski definition) is 5. The molecule has 5 rings (SSSR count). The van der Waals surface area contributed by atoms with Gasteiger partial charge in [0, 0.05) is 38.3 Å². The molecule has 1 fully saturated rings. The number of hydrogen-bond donors (Lipinski definition) is 1. The number of benzene rings is 3. The molecule has 37 heavy (non-hydrogen) atoms. The number of nitriles is 1. The van der Waals surface area contributed by atoms with E-state index in [4.69, 9.17) is 5.41 Å². The number of fused-ring (bicyclic) bond motifs is 2. The summed E-state index contributed by atoms with van der Waals surface area (Å²) in [6.07, 6.45) is 2.58. The van der Waals surface area contributed by atoms with E-state index in [-0.39, 0.29) is 11.8 Å². The highest BCUT2D eigenvalue weighted by atomic mass is 32.2. The molecule has 2 heterocycles. The third-order valence-electron chi connectivity index (χ3n) is 7.93. The second kappa shape index (κ2) is 9.71. The Bertz CT molecular complexity index is 1500. The summed E-state index contributed by atoms with van der Waals surface area (Å²) < 4.78 is 28.2. The van der Waals surface area contributed by atoms with E-state index < -0.39 is 10.0 Å². The Labute approximate surface area is 219 Å². The number of sulfonamides is 1. The van der Waals surface area contributed by atoms with Gasteiger partial charge in [-0.05, 0) is 85.0 Å². The Morgan fingerprint density at radius 3 is 2.49 bits per heavy atom. The summed E-state index contributed by atoms with van der Waals surface area (Å²) in [6.45, 7) is 5.30. The molecule has 1 N–H and O–H groups in total. The molecule has 0 radical (unpaired) electrons. The van der Waals surface area contributed by atoms with Gasteiger partial charge in [-0.2, -0.15) is 5.26 Å². The van der Waals surface area contributed by atoms with Gasteiger partial charge in [-0.15, -0.1) is 0 Å². The van der Waals surface area contributed by atoms with Crippen molar-refractivity contribution in [3.8, 4) is 6.07 Å². The van der Waals surface area contributed by atoms with E-state index in [9.17, 15) is 13.7 Å². The van der Waals surface area contributed by atoms with E-state index in [0.29, 0.717) is 23.9 Å². The van der Waals surface area contributed by atoms with Gasteiger partial charge in [0.1, 0.15) is 0 Å². The fraction of sp³-hybridized carbons (Fsp3) is 0.379. The van der Waals surface area contributed by atoms with Crippen LogP contribution in [0.15, 0.2) is 54.6 Å². The van der Waals surface area contributed by atoms with Crippen molar-refractivity contribution in [3.63, 3.8) is 0 Å². The fourth-order valence-corrected chi connectivity index (χ4v) is 7.05. The van der Waals surface area contributed by atoms with E-state index in [2.05, 4.69) is 29.0 Å².